The van der Waals surface area contributed by atoms with Gasteiger partial charge in [-0.3, -0.25) is 0 Å². The molecule has 0 saturated carbocycles. The minimum absolute atomic E-state index is 0.361. The van der Waals surface area contributed by atoms with Crippen LogP contribution in [0.3, 0.4) is 0 Å². The van der Waals surface area contributed by atoms with Gasteiger partial charge in [-0.25, -0.2) is 0 Å². The molecule has 0 bridgehead atoms. The van der Waals surface area contributed by atoms with Crippen LogP contribution in [0.25, 0.3) is 0 Å². The molecule has 1 nitrogen and oxygen atoms in total. The highest BCUT2D eigenvalue weighted by Gasteiger charge is 2.32. The van der Waals surface area contributed by atoms with Crippen LogP contribution in [0, 0.1) is 0 Å². The standard InChI is InChI=1S/C11H14F3NS/c12-11(13,14)10-4-2-1-3-9(10)5-7-16-8-6-15/h1-4H,5-8,15H2. The van der Waals surface area contributed by atoms with Crippen LogP contribution >= 0.6 is 11.8 Å². The number of aryl methyl sites for hydroxylation is 1. The van der Waals surface area contributed by atoms with E-state index in [-0.39, 0.29) is 0 Å². The van der Waals surface area contributed by atoms with Gasteiger partial charge in [0.1, 0.15) is 0 Å². The van der Waals surface area contributed by atoms with Crippen LogP contribution in [0.1, 0.15) is 11.1 Å². The Balaban J connectivity index is 2.65. The fraction of sp³-hybridized carbons (Fsp3) is 0.455. The molecule has 0 unspecified atom stereocenters. The number of alkyl halides is 3. The zero-order valence-corrected chi connectivity index (χ0v) is 9.57. The molecule has 90 valence electrons. The highest BCUT2D eigenvalue weighted by molar-refractivity contribution is 7.99. The summed E-state index contributed by atoms with van der Waals surface area (Å²) in [5, 5.41) is 0. The zero-order chi connectivity index (χ0) is 12.0. The Morgan fingerprint density at radius 2 is 1.81 bits per heavy atom. The molecule has 1 aromatic rings. The molecule has 0 fully saturated rings. The minimum atomic E-state index is -4.25. The largest absolute Gasteiger partial charge is 0.416 e. The van der Waals surface area contributed by atoms with Crippen LogP contribution in [0.2, 0.25) is 0 Å². The smallest absolute Gasteiger partial charge is 0.330 e. The van der Waals surface area contributed by atoms with Crippen LogP contribution < -0.4 is 5.73 Å². The monoisotopic (exact) mass is 249 g/mol. The van der Waals surface area contributed by atoms with Crippen LogP contribution in [0.15, 0.2) is 24.3 Å². The molecule has 0 radical (unpaired) electrons. The Kier molecular flexibility index (Phi) is 5.15. The summed E-state index contributed by atoms with van der Waals surface area (Å²) < 4.78 is 37.8. The maximum absolute atomic E-state index is 12.6. The summed E-state index contributed by atoms with van der Waals surface area (Å²) in [6, 6.07) is 5.71. The van der Waals surface area contributed by atoms with Crippen molar-refractivity contribution in [1.82, 2.24) is 0 Å². The summed E-state index contributed by atoms with van der Waals surface area (Å²) in [6.45, 7) is 0.561. The predicted octanol–water partition coefficient (Wildman–Crippen LogP) is 2.94. The maximum atomic E-state index is 12.6. The van der Waals surface area contributed by atoms with Crippen LogP contribution in [0.5, 0.6) is 0 Å². The maximum Gasteiger partial charge on any atom is 0.416 e. The van der Waals surface area contributed by atoms with E-state index in [4.69, 9.17) is 5.73 Å². The van der Waals surface area contributed by atoms with E-state index in [1.807, 2.05) is 0 Å². The van der Waals surface area contributed by atoms with Gasteiger partial charge in [0.25, 0.3) is 0 Å². The lowest BCUT2D eigenvalue weighted by Gasteiger charge is -2.12. The molecule has 0 aliphatic carbocycles. The Bertz CT molecular complexity index is 325. The molecule has 0 atom stereocenters. The molecule has 16 heavy (non-hydrogen) atoms. The molecule has 0 amide bonds. The number of halogens is 3. The molecule has 1 rings (SSSR count). The first-order valence-corrected chi connectivity index (χ1v) is 6.14. The number of rotatable bonds is 5. The SMILES string of the molecule is NCCSCCc1ccccc1C(F)(F)F. The molecular weight excluding hydrogens is 235 g/mol. The third kappa shape index (κ3) is 4.06. The van der Waals surface area contributed by atoms with E-state index in [1.165, 1.54) is 12.1 Å². The Morgan fingerprint density at radius 3 is 2.44 bits per heavy atom. The number of thioether (sulfide) groups is 1. The quantitative estimate of drug-likeness (QED) is 0.812. The second kappa shape index (κ2) is 6.15. The van der Waals surface area contributed by atoms with Gasteiger partial charge >= 0.3 is 6.18 Å². The first kappa shape index (κ1) is 13.4. The normalized spacial score (nSPS) is 11.8. The number of benzene rings is 1. The summed E-state index contributed by atoms with van der Waals surface area (Å²) in [7, 11) is 0. The van der Waals surface area contributed by atoms with Gasteiger partial charge in [0.05, 0.1) is 5.56 Å². The van der Waals surface area contributed by atoms with Gasteiger partial charge < -0.3 is 5.73 Å². The lowest BCUT2D eigenvalue weighted by molar-refractivity contribution is -0.138. The van der Waals surface area contributed by atoms with Crippen molar-refractivity contribution in [2.75, 3.05) is 18.1 Å². The molecule has 5 heteroatoms. The summed E-state index contributed by atoms with van der Waals surface area (Å²) in [5.41, 5.74) is 5.14. The van der Waals surface area contributed by atoms with E-state index in [0.29, 0.717) is 24.3 Å². The van der Waals surface area contributed by atoms with Crippen molar-refractivity contribution in [3.8, 4) is 0 Å². The fourth-order valence-corrected chi connectivity index (χ4v) is 2.12. The van der Waals surface area contributed by atoms with E-state index in [0.717, 1.165) is 11.8 Å². The van der Waals surface area contributed by atoms with E-state index >= 15 is 0 Å². The van der Waals surface area contributed by atoms with Gasteiger partial charge in [-0.2, -0.15) is 24.9 Å². The predicted molar refractivity (Wildman–Crippen MR) is 61.5 cm³/mol. The van der Waals surface area contributed by atoms with E-state index in [1.54, 1.807) is 17.8 Å². The minimum Gasteiger partial charge on any atom is -0.330 e. The van der Waals surface area contributed by atoms with Gasteiger partial charge in [0, 0.05) is 12.3 Å². The molecule has 0 aromatic heterocycles. The number of hydrogen-bond acceptors (Lipinski definition) is 2. The number of nitrogens with two attached hydrogens (primary N) is 1. The van der Waals surface area contributed by atoms with Crippen LogP contribution in [-0.2, 0) is 12.6 Å². The van der Waals surface area contributed by atoms with Gasteiger partial charge in [-0.1, -0.05) is 18.2 Å². The Hall–Kier alpha value is -0.680. The van der Waals surface area contributed by atoms with E-state index in [2.05, 4.69) is 0 Å². The Labute approximate surface area is 97.2 Å². The van der Waals surface area contributed by atoms with Gasteiger partial charge in [0.15, 0.2) is 0 Å². The molecule has 2 N–H and O–H groups in total. The van der Waals surface area contributed by atoms with Crippen LogP contribution in [-0.4, -0.2) is 18.1 Å². The molecule has 0 heterocycles. The third-order valence-corrected chi connectivity index (χ3v) is 3.12. The second-order valence-electron chi connectivity index (χ2n) is 3.31. The molecular formula is C11H14F3NS. The number of hydrogen-bond donors (Lipinski definition) is 1. The molecule has 0 aliphatic heterocycles. The lowest BCUT2D eigenvalue weighted by atomic mass is 10.1. The molecule has 1 aromatic carbocycles. The summed E-state index contributed by atoms with van der Waals surface area (Å²) >= 11 is 1.58. The average Bonchev–Trinajstić information content (AvgIpc) is 2.24. The van der Waals surface area contributed by atoms with Crippen molar-refractivity contribution in [1.29, 1.82) is 0 Å². The van der Waals surface area contributed by atoms with Crippen LogP contribution in [0.4, 0.5) is 13.2 Å². The molecule has 0 spiro atoms. The average molecular weight is 249 g/mol. The van der Waals surface area contributed by atoms with Crippen molar-refractivity contribution in [3.63, 3.8) is 0 Å². The van der Waals surface area contributed by atoms with Gasteiger partial charge in [-0.05, 0) is 23.8 Å². The first-order chi connectivity index (χ1) is 7.55. The molecule has 0 aliphatic rings. The van der Waals surface area contributed by atoms with Crippen molar-refractivity contribution in [2.24, 2.45) is 5.73 Å². The topological polar surface area (TPSA) is 26.0 Å². The summed E-state index contributed by atoms with van der Waals surface area (Å²) in [4.78, 5) is 0. The van der Waals surface area contributed by atoms with Crippen molar-refractivity contribution < 1.29 is 13.2 Å². The summed E-state index contributed by atoms with van der Waals surface area (Å²) in [6.07, 6.45) is -3.82. The summed E-state index contributed by atoms with van der Waals surface area (Å²) in [5.74, 6) is 1.46. The van der Waals surface area contributed by atoms with E-state index < -0.39 is 11.7 Å². The van der Waals surface area contributed by atoms with Gasteiger partial charge in [-0.15, -0.1) is 0 Å². The first-order valence-electron chi connectivity index (χ1n) is 4.98. The van der Waals surface area contributed by atoms with E-state index in [9.17, 15) is 13.2 Å². The fourth-order valence-electron chi connectivity index (χ4n) is 1.38. The highest BCUT2D eigenvalue weighted by atomic mass is 32.2. The van der Waals surface area contributed by atoms with Crippen molar-refractivity contribution in [3.05, 3.63) is 35.4 Å². The second-order valence-corrected chi connectivity index (χ2v) is 4.53. The highest BCUT2D eigenvalue weighted by Crippen LogP contribution is 2.32. The van der Waals surface area contributed by atoms with Crippen molar-refractivity contribution in [2.45, 2.75) is 12.6 Å². The Morgan fingerprint density at radius 1 is 1.12 bits per heavy atom. The lowest BCUT2D eigenvalue weighted by Crippen LogP contribution is -2.10. The van der Waals surface area contributed by atoms with Crippen molar-refractivity contribution >= 4 is 11.8 Å². The zero-order valence-electron chi connectivity index (χ0n) is 8.76. The van der Waals surface area contributed by atoms with Gasteiger partial charge in [0.2, 0.25) is 0 Å². The molecule has 0 saturated heterocycles. The third-order valence-electron chi connectivity index (χ3n) is 2.10.